The van der Waals surface area contributed by atoms with Crippen LogP contribution < -0.4 is 0 Å². The molecule has 0 bridgehead atoms. The summed E-state index contributed by atoms with van der Waals surface area (Å²) in [7, 11) is 0. The van der Waals surface area contributed by atoms with Gasteiger partial charge in [0.2, 0.25) is 0 Å². The quantitative estimate of drug-likeness (QED) is 0.172. The summed E-state index contributed by atoms with van der Waals surface area (Å²) in [6.45, 7) is 42.7. The second-order valence-corrected chi connectivity index (χ2v) is 15.3. The number of benzene rings is 2. The van der Waals surface area contributed by atoms with E-state index in [1.54, 1.807) is 0 Å². The van der Waals surface area contributed by atoms with Crippen LogP contribution in [0, 0.1) is 30.6 Å². The van der Waals surface area contributed by atoms with Crippen molar-refractivity contribution in [3.8, 4) is 0 Å². The zero-order valence-corrected chi connectivity index (χ0v) is 37.4. The van der Waals surface area contributed by atoms with Crippen molar-refractivity contribution in [1.29, 1.82) is 0 Å². The minimum atomic E-state index is 0.500. The Kier molecular flexibility index (Phi) is 38.2. The molecule has 1 aliphatic rings. The molecule has 0 unspecified atom stereocenters. The monoisotopic (exact) mass is 691 g/mol. The van der Waals surface area contributed by atoms with Crippen LogP contribution in [0.3, 0.4) is 0 Å². The van der Waals surface area contributed by atoms with Gasteiger partial charge in [0.1, 0.15) is 0 Å². The molecule has 0 heterocycles. The Labute approximate surface area is 317 Å². The Balaban J connectivity index is -0.000000288. The maximum atomic E-state index is 3.87. The van der Waals surface area contributed by atoms with E-state index >= 15 is 0 Å². The Morgan fingerprint density at radius 1 is 0.760 bits per heavy atom. The van der Waals surface area contributed by atoms with E-state index in [1.165, 1.54) is 104 Å². The summed E-state index contributed by atoms with van der Waals surface area (Å²) in [5.41, 5.74) is 8.92. The smallest absolute Gasteiger partial charge is 0.0150 e. The van der Waals surface area contributed by atoms with E-state index in [4.69, 9.17) is 0 Å². The van der Waals surface area contributed by atoms with Gasteiger partial charge < -0.3 is 0 Å². The molecule has 290 valence electrons. The van der Waals surface area contributed by atoms with Crippen molar-refractivity contribution in [3.05, 3.63) is 101 Å². The third-order valence-corrected chi connectivity index (χ3v) is 8.50. The molecule has 0 saturated heterocycles. The SMILES string of the molecule is C=CC(=C\C)/C(=C/C)c1cc(C)ccc1C.CC.CC.CC(C)(C)C.CC1CCCC1.CCC.CCC(C)(CC)CCCCc1ccccc1. The summed E-state index contributed by atoms with van der Waals surface area (Å²) in [4.78, 5) is 0. The fourth-order valence-corrected chi connectivity index (χ4v) is 5.15. The predicted octanol–water partition coefficient (Wildman–Crippen LogP) is 17.8. The zero-order valence-electron chi connectivity index (χ0n) is 37.4. The van der Waals surface area contributed by atoms with Crippen LogP contribution in [-0.4, -0.2) is 0 Å². The van der Waals surface area contributed by atoms with E-state index in [9.17, 15) is 0 Å². The van der Waals surface area contributed by atoms with Gasteiger partial charge in [0.25, 0.3) is 0 Å². The zero-order chi connectivity index (χ0) is 39.6. The van der Waals surface area contributed by atoms with E-state index in [1.807, 2.05) is 40.7 Å². The van der Waals surface area contributed by atoms with E-state index < -0.39 is 0 Å². The fourth-order valence-electron chi connectivity index (χ4n) is 5.15. The normalized spacial score (nSPS) is 12.7. The molecule has 3 rings (SSSR count). The van der Waals surface area contributed by atoms with Gasteiger partial charge >= 0.3 is 0 Å². The first-order valence-corrected chi connectivity index (χ1v) is 20.7. The Hall–Kier alpha value is -2.34. The minimum Gasteiger partial charge on any atom is -0.0985 e. The summed E-state index contributed by atoms with van der Waals surface area (Å²) < 4.78 is 0. The lowest BCUT2D eigenvalue weighted by atomic mass is 9.80. The van der Waals surface area contributed by atoms with Crippen molar-refractivity contribution in [2.24, 2.45) is 16.7 Å². The van der Waals surface area contributed by atoms with Crippen molar-refractivity contribution in [1.82, 2.24) is 0 Å². The lowest BCUT2D eigenvalue weighted by molar-refractivity contribution is 0.263. The predicted molar refractivity (Wildman–Crippen MR) is 238 cm³/mol. The highest BCUT2D eigenvalue weighted by Crippen LogP contribution is 2.32. The van der Waals surface area contributed by atoms with Crippen LogP contribution in [0.5, 0.6) is 0 Å². The van der Waals surface area contributed by atoms with Crippen LogP contribution in [0.2, 0.25) is 0 Å². The lowest BCUT2D eigenvalue weighted by Crippen LogP contribution is -2.13. The lowest BCUT2D eigenvalue weighted by Gasteiger charge is -2.26. The molecule has 0 atom stereocenters. The van der Waals surface area contributed by atoms with E-state index in [0.29, 0.717) is 10.8 Å². The largest absolute Gasteiger partial charge is 0.0985 e. The summed E-state index contributed by atoms with van der Waals surface area (Å²) >= 11 is 0. The van der Waals surface area contributed by atoms with Crippen molar-refractivity contribution in [3.63, 3.8) is 0 Å². The highest BCUT2D eigenvalue weighted by Gasteiger charge is 2.18. The van der Waals surface area contributed by atoms with Crippen LogP contribution in [-0.2, 0) is 6.42 Å². The molecule has 1 fully saturated rings. The van der Waals surface area contributed by atoms with E-state index in [2.05, 4.69) is 157 Å². The Morgan fingerprint density at radius 3 is 1.60 bits per heavy atom. The molecule has 0 N–H and O–H groups in total. The molecular formula is C50H90. The van der Waals surface area contributed by atoms with Crippen LogP contribution in [0.25, 0.3) is 5.57 Å². The molecule has 0 heteroatoms. The molecular weight excluding hydrogens is 601 g/mol. The van der Waals surface area contributed by atoms with Gasteiger partial charge in [0.15, 0.2) is 0 Å². The van der Waals surface area contributed by atoms with Crippen LogP contribution in [0.4, 0.5) is 0 Å². The average molecular weight is 691 g/mol. The van der Waals surface area contributed by atoms with Gasteiger partial charge in [-0.25, -0.2) is 0 Å². The van der Waals surface area contributed by atoms with Crippen molar-refractivity contribution < 1.29 is 0 Å². The number of unbranched alkanes of at least 4 members (excludes halogenated alkanes) is 1. The summed E-state index contributed by atoms with van der Waals surface area (Å²) in [6, 6.07) is 17.4. The second-order valence-electron chi connectivity index (χ2n) is 15.3. The van der Waals surface area contributed by atoms with Crippen LogP contribution in [0.1, 0.15) is 197 Å². The van der Waals surface area contributed by atoms with Gasteiger partial charge in [0, 0.05) is 0 Å². The molecule has 0 radical (unpaired) electrons. The number of allylic oxidation sites excluding steroid dienone is 5. The van der Waals surface area contributed by atoms with Gasteiger partial charge in [-0.2, -0.15) is 0 Å². The highest BCUT2D eigenvalue weighted by molar-refractivity contribution is 5.83. The maximum absolute atomic E-state index is 3.87. The van der Waals surface area contributed by atoms with Crippen molar-refractivity contribution in [2.45, 2.75) is 195 Å². The summed E-state index contributed by atoms with van der Waals surface area (Å²) in [6.07, 6.45) is 21.3. The third kappa shape index (κ3) is 31.6. The number of rotatable bonds is 10. The van der Waals surface area contributed by atoms with E-state index in [-0.39, 0.29) is 0 Å². The van der Waals surface area contributed by atoms with Crippen molar-refractivity contribution in [2.75, 3.05) is 0 Å². The molecule has 0 aromatic heterocycles. The fraction of sp³-hybridized carbons (Fsp3) is 0.640. The second kappa shape index (κ2) is 35.1. The van der Waals surface area contributed by atoms with Gasteiger partial charge in [-0.05, 0) is 91.5 Å². The van der Waals surface area contributed by atoms with E-state index in [0.717, 1.165) is 5.92 Å². The molecule has 0 aliphatic heterocycles. The standard InChI is InChI=1S/C16H20.C16H26.C6H12.C5H12.C3H8.2C2H6/c1-6-14(7-2)15(8-3)16-11-12(4)9-10-13(16)5;1-4-16(3,5-2)14-10-9-13-15-11-7-6-8-12-15;1-6-4-2-3-5-6;1-5(2,3)4;1-3-2;2*1-2/h6-11H,1H2,2-5H3;6-8,11-12H,4-5,9-10,13-14H2,1-3H3;6H,2-5H2,1H3;1-4H3;3H2,1-2H3;2*1-2H3/b14-7+,15-8-;;;;;;. The van der Waals surface area contributed by atoms with Gasteiger partial charge in [-0.15, -0.1) is 0 Å². The maximum Gasteiger partial charge on any atom is -0.0150 e. The van der Waals surface area contributed by atoms with Gasteiger partial charge in [-0.1, -0.05) is 227 Å². The summed E-state index contributed by atoms with van der Waals surface area (Å²) in [5, 5.41) is 0. The highest BCUT2D eigenvalue weighted by atomic mass is 14.2. The van der Waals surface area contributed by atoms with Crippen LogP contribution in [0.15, 0.2) is 78.9 Å². The molecule has 1 aliphatic carbocycles. The van der Waals surface area contributed by atoms with Gasteiger partial charge in [0.05, 0.1) is 0 Å². The average Bonchev–Trinajstić information content (AvgIpc) is 3.60. The summed E-state index contributed by atoms with van der Waals surface area (Å²) in [5.74, 6) is 1.05. The Bertz CT molecular complexity index is 1060. The number of hydrogen-bond acceptors (Lipinski definition) is 0. The molecule has 0 nitrogen and oxygen atoms in total. The topological polar surface area (TPSA) is 0 Å². The molecule has 50 heavy (non-hydrogen) atoms. The molecule has 2 aromatic rings. The molecule has 2 aromatic carbocycles. The first-order chi connectivity index (χ1) is 23.6. The number of hydrogen-bond donors (Lipinski definition) is 0. The van der Waals surface area contributed by atoms with Crippen molar-refractivity contribution >= 4 is 5.57 Å². The minimum absolute atomic E-state index is 0.500. The third-order valence-electron chi connectivity index (χ3n) is 8.50. The Morgan fingerprint density at radius 2 is 1.24 bits per heavy atom. The van der Waals surface area contributed by atoms with Gasteiger partial charge in [-0.3, -0.25) is 0 Å². The van der Waals surface area contributed by atoms with Crippen LogP contribution >= 0.6 is 0 Å². The first-order valence-electron chi connectivity index (χ1n) is 20.7. The molecule has 1 saturated carbocycles. The molecule has 0 spiro atoms. The number of aryl methyl sites for hydroxylation is 3. The first kappa shape index (κ1) is 54.4. The molecule has 0 amide bonds.